The third-order valence-corrected chi connectivity index (χ3v) is 6.07. The third kappa shape index (κ3) is 2.24. The van der Waals surface area contributed by atoms with Gasteiger partial charge in [-0.1, -0.05) is 0 Å². The Hall–Kier alpha value is -0.820. The van der Waals surface area contributed by atoms with E-state index in [1.165, 1.54) is 0 Å². The van der Waals surface area contributed by atoms with Gasteiger partial charge in [-0.2, -0.15) is 0 Å². The third-order valence-electron chi connectivity index (χ3n) is 6.07. The van der Waals surface area contributed by atoms with Crippen LogP contribution < -0.4 is 10.6 Å². The largest absolute Gasteiger partial charge is 0.392 e. The monoisotopic (exact) mass is 310 g/mol. The minimum Gasteiger partial charge on any atom is -0.392 e. The summed E-state index contributed by atoms with van der Waals surface area (Å²) >= 11 is 0. The van der Waals surface area contributed by atoms with Gasteiger partial charge in [0.2, 0.25) is 0 Å². The van der Waals surface area contributed by atoms with Crippen molar-refractivity contribution in [3.05, 3.63) is 0 Å². The molecule has 4 N–H and O–H groups in total. The van der Waals surface area contributed by atoms with Crippen molar-refractivity contribution in [2.24, 2.45) is 23.7 Å². The van der Waals surface area contributed by atoms with Gasteiger partial charge in [-0.25, -0.2) is 0 Å². The topological polar surface area (TPSA) is 98.7 Å². The molecule has 6 nitrogen and oxygen atoms in total. The van der Waals surface area contributed by atoms with Gasteiger partial charge in [0, 0.05) is 23.9 Å². The molecule has 8 atom stereocenters. The standard InChI is InChI=1S/C16H26N2O4/c1-17-7-3-5-9(19)13-11(7)15(21)14-10(20)6-4-8(18-2)12(14)16(13)22/h7-14,17-20H,3-6H2,1-2H3. The molecular formula is C16H26N2O4. The van der Waals surface area contributed by atoms with Crippen LogP contribution in [-0.4, -0.2) is 60.2 Å². The number of aliphatic hydroxyl groups excluding tert-OH is 2. The van der Waals surface area contributed by atoms with E-state index in [1.54, 1.807) is 14.1 Å². The first-order valence-electron chi connectivity index (χ1n) is 8.29. The lowest BCUT2D eigenvalue weighted by atomic mass is 9.54. The number of hydrogen-bond donors (Lipinski definition) is 4. The Kier molecular flexibility index (Phi) is 4.38. The lowest BCUT2D eigenvalue weighted by Crippen LogP contribution is -2.66. The Labute approximate surface area is 130 Å². The summed E-state index contributed by atoms with van der Waals surface area (Å²) in [5, 5.41) is 26.9. The Balaban J connectivity index is 2.00. The second kappa shape index (κ2) is 6.00. The van der Waals surface area contributed by atoms with Crippen molar-refractivity contribution in [2.45, 2.75) is 50.0 Å². The number of nitrogens with one attached hydrogen (secondary N) is 2. The van der Waals surface area contributed by atoms with E-state index in [0.29, 0.717) is 25.7 Å². The molecule has 8 unspecified atom stereocenters. The number of hydrogen-bond acceptors (Lipinski definition) is 6. The van der Waals surface area contributed by atoms with Crippen LogP contribution in [0.3, 0.4) is 0 Å². The molecule has 3 aliphatic carbocycles. The summed E-state index contributed by atoms with van der Waals surface area (Å²) in [6.45, 7) is 0. The van der Waals surface area contributed by atoms with Crippen LogP contribution in [0.15, 0.2) is 0 Å². The maximum atomic E-state index is 13.0. The second-order valence-corrected chi connectivity index (χ2v) is 6.99. The predicted octanol–water partition coefficient (Wildman–Crippen LogP) is -0.912. The first-order chi connectivity index (χ1) is 10.5. The van der Waals surface area contributed by atoms with Crippen molar-refractivity contribution in [1.82, 2.24) is 10.6 Å². The van der Waals surface area contributed by atoms with Gasteiger partial charge in [-0.3, -0.25) is 9.59 Å². The van der Waals surface area contributed by atoms with Gasteiger partial charge in [0.05, 0.1) is 24.0 Å². The van der Waals surface area contributed by atoms with E-state index >= 15 is 0 Å². The van der Waals surface area contributed by atoms with Crippen LogP contribution in [0.5, 0.6) is 0 Å². The zero-order chi connectivity index (χ0) is 16.0. The van der Waals surface area contributed by atoms with Gasteiger partial charge < -0.3 is 20.8 Å². The highest BCUT2D eigenvalue weighted by Crippen LogP contribution is 2.46. The highest BCUT2D eigenvalue weighted by Gasteiger charge is 2.59. The predicted molar refractivity (Wildman–Crippen MR) is 80.2 cm³/mol. The highest BCUT2D eigenvalue weighted by atomic mass is 16.3. The SMILES string of the molecule is CNC1CCC(O)C2C(=O)C3C(NC)CCC(O)C3C(=O)C12. The van der Waals surface area contributed by atoms with E-state index < -0.39 is 35.9 Å². The maximum absolute atomic E-state index is 13.0. The molecule has 0 aromatic rings. The summed E-state index contributed by atoms with van der Waals surface area (Å²) in [6, 6.07) is -0.180. The van der Waals surface area contributed by atoms with E-state index in [2.05, 4.69) is 10.6 Å². The molecule has 0 saturated heterocycles. The van der Waals surface area contributed by atoms with Gasteiger partial charge in [0.25, 0.3) is 0 Å². The number of carbonyl (C=O) groups excluding carboxylic acids is 2. The summed E-state index contributed by atoms with van der Waals surface area (Å²) < 4.78 is 0. The average molecular weight is 310 g/mol. The van der Waals surface area contributed by atoms with Gasteiger partial charge in [0.15, 0.2) is 0 Å². The molecule has 0 aliphatic heterocycles. The fourth-order valence-corrected chi connectivity index (χ4v) is 4.97. The van der Waals surface area contributed by atoms with Crippen molar-refractivity contribution < 1.29 is 19.8 Å². The van der Waals surface area contributed by atoms with Crippen molar-refractivity contribution in [1.29, 1.82) is 0 Å². The zero-order valence-electron chi connectivity index (χ0n) is 13.2. The van der Waals surface area contributed by atoms with Crippen LogP contribution in [0.2, 0.25) is 0 Å². The molecule has 0 aromatic carbocycles. The summed E-state index contributed by atoms with van der Waals surface area (Å²) in [6.07, 6.45) is 0.944. The van der Waals surface area contributed by atoms with Crippen LogP contribution in [0, 0.1) is 23.7 Å². The molecule has 3 rings (SSSR count). The second-order valence-electron chi connectivity index (χ2n) is 6.99. The number of carbonyl (C=O) groups is 2. The van der Waals surface area contributed by atoms with E-state index in [9.17, 15) is 19.8 Å². The molecule has 22 heavy (non-hydrogen) atoms. The first-order valence-corrected chi connectivity index (χ1v) is 8.29. The fourth-order valence-electron chi connectivity index (χ4n) is 4.97. The molecule has 0 aromatic heterocycles. The molecule has 0 radical (unpaired) electrons. The summed E-state index contributed by atoms with van der Waals surface area (Å²) in [4.78, 5) is 26.1. The molecule has 0 heterocycles. The Bertz CT molecular complexity index is 427. The van der Waals surface area contributed by atoms with E-state index in [0.717, 1.165) is 0 Å². The van der Waals surface area contributed by atoms with Gasteiger partial charge in [0.1, 0.15) is 11.6 Å². The number of aliphatic hydroxyl groups is 2. The van der Waals surface area contributed by atoms with Crippen LogP contribution in [0.25, 0.3) is 0 Å². The van der Waals surface area contributed by atoms with Crippen LogP contribution in [-0.2, 0) is 9.59 Å². The first kappa shape index (κ1) is 16.1. The van der Waals surface area contributed by atoms with E-state index in [-0.39, 0.29) is 23.7 Å². The van der Waals surface area contributed by atoms with Crippen molar-refractivity contribution in [2.75, 3.05) is 14.1 Å². The van der Waals surface area contributed by atoms with Crippen molar-refractivity contribution in [3.8, 4) is 0 Å². The highest BCUT2D eigenvalue weighted by molar-refractivity contribution is 6.01. The minimum absolute atomic E-state index is 0.0415. The minimum atomic E-state index is -0.747. The number of rotatable bonds is 2. The molecule has 3 saturated carbocycles. The van der Waals surface area contributed by atoms with Gasteiger partial charge in [-0.15, -0.1) is 0 Å². The Morgan fingerprint density at radius 2 is 1.09 bits per heavy atom. The molecule has 3 aliphatic rings. The molecule has 124 valence electrons. The number of Topliss-reactive ketones (excluding diaryl/α,β-unsaturated/α-hetero) is 2. The number of ketones is 2. The molecule has 0 amide bonds. The normalized spacial score (nSPS) is 48.7. The molecule has 6 heteroatoms. The zero-order valence-corrected chi connectivity index (χ0v) is 13.2. The van der Waals surface area contributed by atoms with Crippen LogP contribution in [0.4, 0.5) is 0 Å². The van der Waals surface area contributed by atoms with E-state index in [1.807, 2.05) is 0 Å². The summed E-state index contributed by atoms with van der Waals surface area (Å²) in [5.41, 5.74) is 0. The molecule has 0 bridgehead atoms. The van der Waals surface area contributed by atoms with E-state index in [4.69, 9.17) is 0 Å². The summed E-state index contributed by atoms with van der Waals surface area (Å²) in [5.74, 6) is -2.34. The molecule has 0 spiro atoms. The Morgan fingerprint density at radius 1 is 0.727 bits per heavy atom. The van der Waals surface area contributed by atoms with Crippen LogP contribution >= 0.6 is 0 Å². The molecule has 3 fully saturated rings. The van der Waals surface area contributed by atoms with Gasteiger partial charge >= 0.3 is 0 Å². The lowest BCUT2D eigenvalue weighted by molar-refractivity contribution is -0.165. The Morgan fingerprint density at radius 3 is 1.41 bits per heavy atom. The summed E-state index contributed by atoms with van der Waals surface area (Å²) in [7, 11) is 3.58. The van der Waals surface area contributed by atoms with Crippen LogP contribution in [0.1, 0.15) is 25.7 Å². The maximum Gasteiger partial charge on any atom is 0.144 e. The number of fused-ring (bicyclic) bond motifs is 2. The average Bonchev–Trinajstić information content (AvgIpc) is 2.52. The quantitative estimate of drug-likeness (QED) is 0.527. The fraction of sp³-hybridized carbons (Fsp3) is 0.875. The smallest absolute Gasteiger partial charge is 0.144 e. The van der Waals surface area contributed by atoms with Gasteiger partial charge in [-0.05, 0) is 39.8 Å². The molecular weight excluding hydrogens is 284 g/mol. The van der Waals surface area contributed by atoms with Crippen molar-refractivity contribution >= 4 is 11.6 Å². The van der Waals surface area contributed by atoms with Crippen molar-refractivity contribution in [3.63, 3.8) is 0 Å². The lowest BCUT2D eigenvalue weighted by Gasteiger charge is -2.51.